The minimum atomic E-state index is -0.269. The average Bonchev–Trinajstić information content (AvgIpc) is 2.77. The summed E-state index contributed by atoms with van der Waals surface area (Å²) in [7, 11) is 0. The van der Waals surface area contributed by atoms with Gasteiger partial charge in [0, 0.05) is 17.0 Å². The zero-order valence-electron chi connectivity index (χ0n) is 11.1. The summed E-state index contributed by atoms with van der Waals surface area (Å²) in [5.41, 5.74) is 7.39. The number of nitrogen functional groups attached to an aromatic ring is 1. The van der Waals surface area contributed by atoms with Gasteiger partial charge in [0.2, 0.25) is 0 Å². The monoisotopic (exact) mass is 276 g/mol. The fraction of sp³-hybridized carbons (Fsp3) is 0.308. The van der Waals surface area contributed by atoms with Crippen molar-refractivity contribution in [3.63, 3.8) is 0 Å². The molecule has 0 aromatic carbocycles. The number of aromatic nitrogens is 2. The second-order valence-electron chi connectivity index (χ2n) is 5.20. The molecule has 0 aliphatic rings. The van der Waals surface area contributed by atoms with Gasteiger partial charge in [0.1, 0.15) is 0 Å². The van der Waals surface area contributed by atoms with Gasteiger partial charge in [-0.2, -0.15) is 0 Å². The first-order valence-electron chi connectivity index (χ1n) is 5.85. The van der Waals surface area contributed by atoms with Crippen LogP contribution in [-0.2, 0) is 5.41 Å². The van der Waals surface area contributed by atoms with E-state index in [0.29, 0.717) is 16.4 Å². The summed E-state index contributed by atoms with van der Waals surface area (Å²) < 4.78 is 0. The van der Waals surface area contributed by atoms with Crippen LogP contribution >= 0.6 is 11.3 Å². The second-order valence-corrected chi connectivity index (χ2v) is 6.06. The van der Waals surface area contributed by atoms with Gasteiger partial charge in [-0.25, -0.2) is 4.98 Å². The Morgan fingerprint density at radius 2 is 2.16 bits per heavy atom. The fourth-order valence-electron chi connectivity index (χ4n) is 1.45. The van der Waals surface area contributed by atoms with Gasteiger partial charge < -0.3 is 5.73 Å². The third-order valence-electron chi connectivity index (χ3n) is 2.59. The molecule has 2 heterocycles. The van der Waals surface area contributed by atoms with Gasteiger partial charge in [0.15, 0.2) is 5.13 Å². The van der Waals surface area contributed by atoms with Crippen molar-refractivity contribution in [1.29, 1.82) is 0 Å². The zero-order chi connectivity index (χ0) is 14.0. The average molecular weight is 276 g/mol. The van der Waals surface area contributed by atoms with Crippen molar-refractivity contribution in [3.05, 3.63) is 35.1 Å². The molecule has 2 aromatic rings. The van der Waals surface area contributed by atoms with Crippen LogP contribution in [0.5, 0.6) is 0 Å². The Balaban J connectivity index is 2.16. The third kappa shape index (κ3) is 3.08. The molecule has 5 nitrogen and oxygen atoms in total. The van der Waals surface area contributed by atoms with Crippen LogP contribution < -0.4 is 11.1 Å². The number of rotatable bonds is 2. The number of anilines is 2. The first-order chi connectivity index (χ1) is 8.88. The van der Waals surface area contributed by atoms with E-state index in [2.05, 4.69) is 36.1 Å². The molecule has 6 heteroatoms. The molecule has 0 saturated heterocycles. The Morgan fingerprint density at radius 3 is 2.74 bits per heavy atom. The van der Waals surface area contributed by atoms with E-state index in [-0.39, 0.29) is 11.3 Å². The SMILES string of the molecule is CC(C)(C)c1csc(NC(=O)c2ccncc2N)n1. The molecule has 0 spiro atoms. The maximum Gasteiger partial charge on any atom is 0.259 e. The van der Waals surface area contributed by atoms with E-state index in [9.17, 15) is 4.79 Å². The van der Waals surface area contributed by atoms with Crippen LogP contribution in [0.1, 0.15) is 36.8 Å². The van der Waals surface area contributed by atoms with Gasteiger partial charge in [0.05, 0.1) is 23.1 Å². The number of nitrogens with two attached hydrogens (primary N) is 1. The van der Waals surface area contributed by atoms with Crippen LogP contribution in [0.3, 0.4) is 0 Å². The Bertz CT molecular complexity index is 601. The number of nitrogens with zero attached hydrogens (tertiary/aromatic N) is 2. The minimum Gasteiger partial charge on any atom is -0.397 e. The second kappa shape index (κ2) is 4.97. The lowest BCUT2D eigenvalue weighted by Crippen LogP contribution is -2.15. The van der Waals surface area contributed by atoms with Gasteiger partial charge >= 0.3 is 0 Å². The lowest BCUT2D eigenvalue weighted by atomic mass is 9.93. The van der Waals surface area contributed by atoms with Crippen LogP contribution in [0.2, 0.25) is 0 Å². The van der Waals surface area contributed by atoms with Crippen LogP contribution in [0, 0.1) is 0 Å². The van der Waals surface area contributed by atoms with Crippen molar-refractivity contribution in [2.75, 3.05) is 11.1 Å². The number of hydrogen-bond donors (Lipinski definition) is 2. The molecule has 1 amide bonds. The number of thiazole rings is 1. The summed E-state index contributed by atoms with van der Waals surface area (Å²) in [4.78, 5) is 20.3. The molecule has 0 aliphatic carbocycles. The summed E-state index contributed by atoms with van der Waals surface area (Å²) >= 11 is 1.41. The van der Waals surface area contributed by atoms with Crippen molar-refractivity contribution >= 4 is 28.1 Å². The molecular formula is C13H16N4OS. The molecule has 0 bridgehead atoms. The Morgan fingerprint density at radius 1 is 1.42 bits per heavy atom. The van der Waals surface area contributed by atoms with Gasteiger partial charge in [-0.3, -0.25) is 15.1 Å². The quantitative estimate of drug-likeness (QED) is 0.883. The lowest BCUT2D eigenvalue weighted by Gasteiger charge is -2.14. The van der Waals surface area contributed by atoms with E-state index >= 15 is 0 Å². The van der Waals surface area contributed by atoms with Gasteiger partial charge in [-0.05, 0) is 6.07 Å². The summed E-state index contributed by atoms with van der Waals surface area (Å²) in [6.07, 6.45) is 2.99. The fourth-order valence-corrected chi connectivity index (χ4v) is 2.39. The predicted octanol–water partition coefficient (Wildman–Crippen LogP) is 2.67. The van der Waals surface area contributed by atoms with Crippen molar-refractivity contribution in [2.45, 2.75) is 26.2 Å². The standard InChI is InChI=1S/C13H16N4OS/c1-13(2,3)10-7-19-12(16-10)17-11(18)8-4-5-15-6-9(8)14/h4-7H,14H2,1-3H3,(H,16,17,18). The highest BCUT2D eigenvalue weighted by molar-refractivity contribution is 7.14. The zero-order valence-corrected chi connectivity index (χ0v) is 11.9. The highest BCUT2D eigenvalue weighted by atomic mass is 32.1. The smallest absolute Gasteiger partial charge is 0.259 e. The van der Waals surface area contributed by atoms with E-state index in [1.54, 1.807) is 6.07 Å². The first-order valence-corrected chi connectivity index (χ1v) is 6.73. The molecule has 2 rings (SSSR count). The number of amides is 1. The maximum absolute atomic E-state index is 12.0. The maximum atomic E-state index is 12.0. The molecular weight excluding hydrogens is 260 g/mol. The summed E-state index contributed by atoms with van der Waals surface area (Å²) in [5, 5.41) is 5.28. The van der Waals surface area contributed by atoms with Crippen molar-refractivity contribution < 1.29 is 4.79 Å². The molecule has 0 aliphatic heterocycles. The van der Waals surface area contributed by atoms with Gasteiger partial charge in [0.25, 0.3) is 5.91 Å². The molecule has 100 valence electrons. The molecule has 3 N–H and O–H groups in total. The third-order valence-corrected chi connectivity index (χ3v) is 3.35. The number of hydrogen-bond acceptors (Lipinski definition) is 5. The van der Waals surface area contributed by atoms with Gasteiger partial charge in [-0.15, -0.1) is 11.3 Å². The van der Waals surface area contributed by atoms with E-state index in [4.69, 9.17) is 5.73 Å². The molecule has 0 saturated carbocycles. The summed E-state index contributed by atoms with van der Waals surface area (Å²) in [5.74, 6) is -0.269. The minimum absolute atomic E-state index is 0.0326. The Kier molecular flexibility index (Phi) is 3.53. The van der Waals surface area contributed by atoms with Crippen molar-refractivity contribution in [1.82, 2.24) is 9.97 Å². The Labute approximate surface area is 115 Å². The molecule has 0 radical (unpaired) electrons. The number of nitrogens with one attached hydrogen (secondary N) is 1. The Hall–Kier alpha value is -1.95. The molecule has 0 atom stereocenters. The number of carbonyl (C=O) groups is 1. The van der Waals surface area contributed by atoms with E-state index in [0.717, 1.165) is 5.69 Å². The first kappa shape index (κ1) is 13.5. The molecule has 0 unspecified atom stereocenters. The van der Waals surface area contributed by atoms with Gasteiger partial charge in [-0.1, -0.05) is 20.8 Å². The van der Waals surface area contributed by atoms with E-state index in [1.165, 1.54) is 23.7 Å². The highest BCUT2D eigenvalue weighted by Gasteiger charge is 2.18. The summed E-state index contributed by atoms with van der Waals surface area (Å²) in [6.45, 7) is 6.23. The van der Waals surface area contributed by atoms with E-state index in [1.807, 2.05) is 5.38 Å². The van der Waals surface area contributed by atoms with Crippen molar-refractivity contribution in [2.24, 2.45) is 0 Å². The van der Waals surface area contributed by atoms with Crippen LogP contribution in [0.15, 0.2) is 23.8 Å². The lowest BCUT2D eigenvalue weighted by molar-refractivity contribution is 0.102. The molecule has 0 fully saturated rings. The largest absolute Gasteiger partial charge is 0.397 e. The number of carbonyl (C=O) groups excluding carboxylic acids is 1. The highest BCUT2D eigenvalue weighted by Crippen LogP contribution is 2.26. The normalized spacial score (nSPS) is 11.3. The van der Waals surface area contributed by atoms with Crippen LogP contribution in [-0.4, -0.2) is 15.9 Å². The van der Waals surface area contributed by atoms with Crippen LogP contribution in [0.4, 0.5) is 10.8 Å². The molecule has 19 heavy (non-hydrogen) atoms. The summed E-state index contributed by atoms with van der Waals surface area (Å²) in [6, 6.07) is 1.59. The van der Waals surface area contributed by atoms with Crippen LogP contribution in [0.25, 0.3) is 0 Å². The molecule has 2 aromatic heterocycles. The van der Waals surface area contributed by atoms with Crippen molar-refractivity contribution in [3.8, 4) is 0 Å². The number of pyridine rings is 1. The van der Waals surface area contributed by atoms with E-state index < -0.39 is 0 Å². The topological polar surface area (TPSA) is 80.9 Å². The predicted molar refractivity (Wildman–Crippen MR) is 77.4 cm³/mol.